The molecule has 0 amide bonds. The quantitative estimate of drug-likeness (QED) is 0.614. The highest BCUT2D eigenvalue weighted by molar-refractivity contribution is 6.31. The van der Waals surface area contributed by atoms with E-state index in [0.717, 1.165) is 5.56 Å². The summed E-state index contributed by atoms with van der Waals surface area (Å²) in [6.07, 6.45) is 0. The van der Waals surface area contributed by atoms with Gasteiger partial charge < -0.3 is 4.74 Å². The minimum Gasteiger partial charge on any atom is -0.372 e. The maximum absolute atomic E-state index is 10.7. The van der Waals surface area contributed by atoms with Gasteiger partial charge in [0.2, 0.25) is 0 Å². The number of hydrogen-bond acceptors (Lipinski definition) is 3. The Hall–Kier alpha value is -1.91. The SMILES string of the molecule is O=[N+]([O-])c1ccc(Cl)c(COCc2ccccc2)c1. The maximum atomic E-state index is 10.7. The van der Waals surface area contributed by atoms with Crippen molar-refractivity contribution >= 4 is 17.3 Å². The molecule has 5 heteroatoms. The van der Waals surface area contributed by atoms with Crippen molar-refractivity contribution in [2.45, 2.75) is 13.2 Å². The van der Waals surface area contributed by atoms with Gasteiger partial charge in [-0.05, 0) is 11.6 Å². The van der Waals surface area contributed by atoms with Crippen LogP contribution in [0.2, 0.25) is 5.02 Å². The Morgan fingerprint density at radius 2 is 1.84 bits per heavy atom. The number of halogens is 1. The predicted molar refractivity (Wildman–Crippen MR) is 73.0 cm³/mol. The minimum absolute atomic E-state index is 0.0164. The van der Waals surface area contributed by atoms with Crippen molar-refractivity contribution in [2.75, 3.05) is 0 Å². The summed E-state index contributed by atoms with van der Waals surface area (Å²) in [6, 6.07) is 14.0. The number of hydrogen-bond donors (Lipinski definition) is 0. The third-order valence-corrected chi connectivity index (χ3v) is 2.98. The third-order valence-electron chi connectivity index (χ3n) is 2.61. The first-order valence-corrected chi connectivity index (χ1v) is 6.09. The molecule has 0 saturated carbocycles. The molecular weight excluding hydrogens is 266 g/mol. The monoisotopic (exact) mass is 277 g/mol. The highest BCUT2D eigenvalue weighted by atomic mass is 35.5. The lowest BCUT2D eigenvalue weighted by Crippen LogP contribution is -1.96. The van der Waals surface area contributed by atoms with Crippen LogP contribution in [-0.4, -0.2) is 4.92 Å². The summed E-state index contributed by atoms with van der Waals surface area (Å²) in [5.41, 5.74) is 1.68. The van der Waals surface area contributed by atoms with E-state index < -0.39 is 4.92 Å². The molecule has 0 aliphatic carbocycles. The molecule has 0 atom stereocenters. The van der Waals surface area contributed by atoms with E-state index in [4.69, 9.17) is 16.3 Å². The molecule has 0 heterocycles. The molecule has 0 aliphatic heterocycles. The molecule has 0 aromatic heterocycles. The van der Waals surface area contributed by atoms with Crippen LogP contribution in [0, 0.1) is 10.1 Å². The zero-order chi connectivity index (χ0) is 13.7. The number of non-ortho nitro benzene ring substituents is 1. The van der Waals surface area contributed by atoms with E-state index in [1.54, 1.807) is 0 Å². The molecule has 0 bridgehead atoms. The van der Waals surface area contributed by atoms with Gasteiger partial charge in [0.15, 0.2) is 0 Å². The van der Waals surface area contributed by atoms with Crippen LogP contribution in [-0.2, 0) is 18.0 Å². The summed E-state index contributed by atoms with van der Waals surface area (Å²) in [4.78, 5) is 10.2. The molecule has 0 aliphatic rings. The molecule has 2 rings (SSSR count). The Bertz CT molecular complexity index is 572. The van der Waals surface area contributed by atoms with Crippen LogP contribution in [0.4, 0.5) is 5.69 Å². The number of rotatable bonds is 5. The second kappa shape index (κ2) is 6.31. The lowest BCUT2D eigenvalue weighted by molar-refractivity contribution is -0.384. The van der Waals surface area contributed by atoms with Gasteiger partial charge >= 0.3 is 0 Å². The molecule has 19 heavy (non-hydrogen) atoms. The number of benzene rings is 2. The van der Waals surface area contributed by atoms with Crippen molar-refractivity contribution in [3.63, 3.8) is 0 Å². The fraction of sp³-hybridized carbons (Fsp3) is 0.143. The lowest BCUT2D eigenvalue weighted by atomic mass is 10.2. The van der Waals surface area contributed by atoms with Crippen LogP contribution < -0.4 is 0 Å². The highest BCUT2D eigenvalue weighted by Crippen LogP contribution is 2.23. The molecule has 0 radical (unpaired) electrons. The molecule has 0 unspecified atom stereocenters. The topological polar surface area (TPSA) is 52.4 Å². The molecule has 0 N–H and O–H groups in total. The van der Waals surface area contributed by atoms with Gasteiger partial charge in [-0.1, -0.05) is 41.9 Å². The lowest BCUT2D eigenvalue weighted by Gasteiger charge is -2.06. The van der Waals surface area contributed by atoms with Gasteiger partial charge in [-0.2, -0.15) is 0 Å². The Balaban J connectivity index is 1.99. The first-order valence-electron chi connectivity index (χ1n) is 5.71. The second-order valence-corrected chi connectivity index (χ2v) is 4.42. The molecule has 2 aromatic rings. The Kier molecular flexibility index (Phi) is 4.49. The van der Waals surface area contributed by atoms with Crippen molar-refractivity contribution in [1.29, 1.82) is 0 Å². The van der Waals surface area contributed by atoms with Crippen molar-refractivity contribution in [3.05, 3.63) is 74.8 Å². The van der Waals surface area contributed by atoms with Crippen LogP contribution in [0.25, 0.3) is 0 Å². The first kappa shape index (κ1) is 13.5. The third kappa shape index (κ3) is 3.77. The van der Waals surface area contributed by atoms with Crippen LogP contribution in [0.5, 0.6) is 0 Å². The van der Waals surface area contributed by atoms with Crippen molar-refractivity contribution in [3.8, 4) is 0 Å². The van der Waals surface area contributed by atoms with E-state index >= 15 is 0 Å². The minimum atomic E-state index is -0.447. The van der Waals surface area contributed by atoms with E-state index in [1.165, 1.54) is 18.2 Å². The van der Waals surface area contributed by atoms with Gasteiger partial charge in [-0.3, -0.25) is 10.1 Å². The zero-order valence-electron chi connectivity index (χ0n) is 10.1. The molecule has 0 spiro atoms. The van der Waals surface area contributed by atoms with Gasteiger partial charge in [0.1, 0.15) is 0 Å². The maximum Gasteiger partial charge on any atom is 0.269 e. The van der Waals surface area contributed by atoms with Gasteiger partial charge in [0, 0.05) is 22.7 Å². The van der Waals surface area contributed by atoms with E-state index in [2.05, 4.69) is 0 Å². The molecule has 2 aromatic carbocycles. The summed E-state index contributed by atoms with van der Waals surface area (Å²) >= 11 is 5.98. The standard InChI is InChI=1S/C14H12ClNO3/c15-14-7-6-13(16(17)18)8-12(14)10-19-9-11-4-2-1-3-5-11/h1-8H,9-10H2. The first-order chi connectivity index (χ1) is 9.16. The Morgan fingerprint density at radius 1 is 1.11 bits per heavy atom. The second-order valence-electron chi connectivity index (χ2n) is 4.01. The predicted octanol–water partition coefficient (Wildman–Crippen LogP) is 3.97. The summed E-state index contributed by atoms with van der Waals surface area (Å²) < 4.78 is 5.51. The summed E-state index contributed by atoms with van der Waals surface area (Å²) in [5.74, 6) is 0. The zero-order valence-corrected chi connectivity index (χ0v) is 10.8. The molecule has 4 nitrogen and oxygen atoms in total. The van der Waals surface area contributed by atoms with Crippen LogP contribution in [0.1, 0.15) is 11.1 Å². The van der Waals surface area contributed by atoms with Crippen molar-refractivity contribution in [2.24, 2.45) is 0 Å². The number of nitro benzene ring substituents is 1. The number of ether oxygens (including phenoxy) is 1. The van der Waals surface area contributed by atoms with Gasteiger partial charge in [0.25, 0.3) is 5.69 Å². The van der Waals surface area contributed by atoms with E-state index in [0.29, 0.717) is 17.2 Å². The van der Waals surface area contributed by atoms with Crippen molar-refractivity contribution < 1.29 is 9.66 Å². The molecular formula is C14H12ClNO3. The number of nitro groups is 1. The summed E-state index contributed by atoms with van der Waals surface area (Å²) in [7, 11) is 0. The summed E-state index contributed by atoms with van der Waals surface area (Å²) in [6.45, 7) is 0.690. The normalized spacial score (nSPS) is 10.4. The van der Waals surface area contributed by atoms with Crippen molar-refractivity contribution in [1.82, 2.24) is 0 Å². The highest BCUT2D eigenvalue weighted by Gasteiger charge is 2.09. The largest absolute Gasteiger partial charge is 0.372 e. The average molecular weight is 278 g/mol. The fourth-order valence-corrected chi connectivity index (χ4v) is 1.81. The molecule has 0 fully saturated rings. The van der Waals surface area contributed by atoms with Gasteiger partial charge in [0.05, 0.1) is 18.1 Å². The van der Waals surface area contributed by atoms with E-state index in [-0.39, 0.29) is 12.3 Å². The Labute approximate surface area is 115 Å². The van der Waals surface area contributed by atoms with Gasteiger partial charge in [-0.15, -0.1) is 0 Å². The van der Waals surface area contributed by atoms with Crippen LogP contribution >= 0.6 is 11.6 Å². The average Bonchev–Trinajstić information content (AvgIpc) is 2.42. The summed E-state index contributed by atoms with van der Waals surface area (Å²) in [5, 5.41) is 11.2. The smallest absolute Gasteiger partial charge is 0.269 e. The van der Waals surface area contributed by atoms with Crippen LogP contribution in [0.15, 0.2) is 48.5 Å². The van der Waals surface area contributed by atoms with Gasteiger partial charge in [-0.25, -0.2) is 0 Å². The van der Waals surface area contributed by atoms with E-state index in [1.807, 2.05) is 30.3 Å². The number of nitrogens with zero attached hydrogens (tertiary/aromatic N) is 1. The molecule has 98 valence electrons. The Morgan fingerprint density at radius 3 is 2.53 bits per heavy atom. The fourth-order valence-electron chi connectivity index (χ4n) is 1.64. The van der Waals surface area contributed by atoms with E-state index in [9.17, 15) is 10.1 Å². The van der Waals surface area contributed by atoms with Crippen LogP contribution in [0.3, 0.4) is 0 Å². The molecule has 0 saturated heterocycles.